The van der Waals surface area contributed by atoms with E-state index in [0.29, 0.717) is 0 Å². The third kappa shape index (κ3) is 2.70. The zero-order valence-electron chi connectivity index (χ0n) is 12.3. The molecular weight excluding hydrogens is 239 g/mol. The molecule has 0 aliphatic heterocycles. The Kier molecular flexibility index (Phi) is 3.48. The molecule has 19 heavy (non-hydrogen) atoms. The van der Waals surface area contributed by atoms with E-state index in [1.807, 2.05) is 6.92 Å². The third-order valence-electron chi connectivity index (χ3n) is 3.21. The summed E-state index contributed by atoms with van der Waals surface area (Å²) in [5.41, 5.74) is 3.59. The molecule has 3 heteroatoms. The molecule has 2 aromatic rings. The summed E-state index contributed by atoms with van der Waals surface area (Å²) in [5.74, 6) is -0.231. The first-order valence-corrected chi connectivity index (χ1v) is 6.68. The minimum atomic E-state index is -0.231. The monoisotopic (exact) mass is 260 g/mol. The average Bonchev–Trinajstić information content (AvgIpc) is 2.26. The number of aromatic nitrogens is 1. The van der Waals surface area contributed by atoms with E-state index in [1.54, 1.807) is 6.07 Å². The van der Waals surface area contributed by atoms with Gasteiger partial charge in [-0.3, -0.25) is 4.98 Å². The van der Waals surface area contributed by atoms with E-state index >= 15 is 0 Å². The van der Waals surface area contributed by atoms with E-state index in [0.717, 1.165) is 34.4 Å². The third-order valence-corrected chi connectivity index (χ3v) is 3.21. The smallest absolute Gasteiger partial charge is 0.125 e. The molecule has 1 N–H and O–H groups in total. The minimum absolute atomic E-state index is 0.0570. The number of halogens is 1. The van der Waals surface area contributed by atoms with Crippen LogP contribution in [0.15, 0.2) is 18.2 Å². The van der Waals surface area contributed by atoms with Crippen molar-refractivity contribution in [2.75, 3.05) is 11.9 Å². The number of nitrogens with one attached hydrogen (secondary N) is 1. The number of hydrogen-bond acceptors (Lipinski definition) is 2. The minimum Gasteiger partial charge on any atom is -0.385 e. The second kappa shape index (κ2) is 4.80. The summed E-state index contributed by atoms with van der Waals surface area (Å²) in [6, 6.07) is 5.15. The second-order valence-electron chi connectivity index (χ2n) is 5.95. The Labute approximate surface area is 114 Å². The van der Waals surface area contributed by atoms with Crippen molar-refractivity contribution >= 4 is 16.6 Å². The summed E-state index contributed by atoms with van der Waals surface area (Å²) in [7, 11) is 0. The summed E-state index contributed by atoms with van der Waals surface area (Å²) >= 11 is 0. The standard InChI is InChI=1S/C16H21FN2/c1-6-18-12-9-14(16(3,4)5)19-13-8-11(17)7-10(2)15(12)13/h7-9H,6H2,1-5H3,(H,18,19). The van der Waals surface area contributed by atoms with Crippen molar-refractivity contribution in [3.63, 3.8) is 0 Å². The number of rotatable bonds is 2. The zero-order valence-corrected chi connectivity index (χ0v) is 12.3. The summed E-state index contributed by atoms with van der Waals surface area (Å²) in [5, 5.41) is 4.37. The molecule has 1 aromatic carbocycles. The molecule has 0 saturated heterocycles. The van der Waals surface area contributed by atoms with Gasteiger partial charge in [-0.1, -0.05) is 20.8 Å². The van der Waals surface area contributed by atoms with Gasteiger partial charge in [-0.25, -0.2) is 4.39 Å². The van der Waals surface area contributed by atoms with Crippen LogP contribution in [-0.2, 0) is 5.41 Å². The van der Waals surface area contributed by atoms with Crippen LogP contribution in [0.5, 0.6) is 0 Å². The Bertz CT molecular complexity index is 612. The second-order valence-corrected chi connectivity index (χ2v) is 5.95. The van der Waals surface area contributed by atoms with Crippen LogP contribution in [0.1, 0.15) is 39.0 Å². The van der Waals surface area contributed by atoms with Gasteiger partial charge in [0.25, 0.3) is 0 Å². The first-order valence-electron chi connectivity index (χ1n) is 6.68. The number of hydrogen-bond donors (Lipinski definition) is 1. The van der Waals surface area contributed by atoms with E-state index < -0.39 is 0 Å². The molecule has 0 spiro atoms. The largest absolute Gasteiger partial charge is 0.385 e. The molecule has 0 aliphatic carbocycles. The van der Waals surface area contributed by atoms with Gasteiger partial charge in [0.15, 0.2) is 0 Å². The van der Waals surface area contributed by atoms with Crippen molar-refractivity contribution in [1.29, 1.82) is 0 Å². The molecule has 1 aromatic heterocycles. The van der Waals surface area contributed by atoms with Crippen molar-refractivity contribution in [1.82, 2.24) is 4.98 Å². The van der Waals surface area contributed by atoms with Gasteiger partial charge < -0.3 is 5.32 Å². The van der Waals surface area contributed by atoms with Gasteiger partial charge in [0, 0.05) is 34.8 Å². The van der Waals surface area contributed by atoms with Gasteiger partial charge in [-0.2, -0.15) is 0 Å². The van der Waals surface area contributed by atoms with Gasteiger partial charge in [0.1, 0.15) is 5.82 Å². The highest BCUT2D eigenvalue weighted by Gasteiger charge is 2.18. The molecule has 0 fully saturated rings. The Morgan fingerprint density at radius 3 is 2.47 bits per heavy atom. The number of nitrogens with zero attached hydrogens (tertiary/aromatic N) is 1. The predicted molar refractivity (Wildman–Crippen MR) is 79.3 cm³/mol. The molecule has 102 valence electrons. The topological polar surface area (TPSA) is 24.9 Å². The molecule has 0 bridgehead atoms. The predicted octanol–water partition coefficient (Wildman–Crippen LogP) is 4.41. The Morgan fingerprint density at radius 2 is 1.89 bits per heavy atom. The highest BCUT2D eigenvalue weighted by Crippen LogP contribution is 2.31. The number of pyridine rings is 1. The van der Waals surface area contributed by atoms with Gasteiger partial charge in [-0.05, 0) is 31.5 Å². The van der Waals surface area contributed by atoms with Crippen molar-refractivity contribution < 1.29 is 4.39 Å². The van der Waals surface area contributed by atoms with Crippen LogP contribution in [0.2, 0.25) is 0 Å². The molecule has 0 atom stereocenters. The van der Waals surface area contributed by atoms with Crippen molar-refractivity contribution in [3.05, 3.63) is 35.3 Å². The summed E-state index contributed by atoms with van der Waals surface area (Å²) < 4.78 is 13.6. The van der Waals surface area contributed by atoms with Crippen LogP contribution < -0.4 is 5.32 Å². The van der Waals surface area contributed by atoms with Crippen LogP contribution in [0.25, 0.3) is 10.9 Å². The van der Waals surface area contributed by atoms with Gasteiger partial charge in [-0.15, -0.1) is 0 Å². The highest BCUT2D eigenvalue weighted by atomic mass is 19.1. The number of fused-ring (bicyclic) bond motifs is 1. The van der Waals surface area contributed by atoms with Crippen LogP contribution in [-0.4, -0.2) is 11.5 Å². The maximum atomic E-state index is 13.6. The Hall–Kier alpha value is -1.64. The van der Waals surface area contributed by atoms with E-state index in [2.05, 4.69) is 44.1 Å². The Balaban J connectivity index is 2.79. The molecule has 2 nitrogen and oxygen atoms in total. The molecule has 1 heterocycles. The van der Waals surface area contributed by atoms with Crippen LogP contribution in [0.4, 0.5) is 10.1 Å². The number of anilines is 1. The zero-order chi connectivity index (χ0) is 14.2. The molecular formula is C16H21FN2. The lowest BCUT2D eigenvalue weighted by atomic mass is 9.90. The van der Waals surface area contributed by atoms with Crippen molar-refractivity contribution in [2.45, 2.75) is 40.0 Å². The van der Waals surface area contributed by atoms with E-state index in [-0.39, 0.29) is 11.2 Å². The van der Waals surface area contributed by atoms with Crippen LogP contribution in [0.3, 0.4) is 0 Å². The first-order chi connectivity index (χ1) is 8.82. The van der Waals surface area contributed by atoms with Gasteiger partial charge in [0.05, 0.1) is 5.52 Å². The van der Waals surface area contributed by atoms with Crippen LogP contribution >= 0.6 is 0 Å². The van der Waals surface area contributed by atoms with Crippen molar-refractivity contribution in [2.24, 2.45) is 0 Å². The van der Waals surface area contributed by atoms with Crippen LogP contribution in [0, 0.1) is 12.7 Å². The Morgan fingerprint density at radius 1 is 1.21 bits per heavy atom. The van der Waals surface area contributed by atoms with E-state index in [1.165, 1.54) is 6.07 Å². The number of benzene rings is 1. The van der Waals surface area contributed by atoms with Gasteiger partial charge in [0.2, 0.25) is 0 Å². The average molecular weight is 260 g/mol. The molecule has 0 amide bonds. The summed E-state index contributed by atoms with van der Waals surface area (Å²) in [4.78, 5) is 4.63. The van der Waals surface area contributed by atoms with Crippen molar-refractivity contribution in [3.8, 4) is 0 Å². The molecule has 0 unspecified atom stereocenters. The SMILES string of the molecule is CCNc1cc(C(C)(C)C)nc2cc(F)cc(C)c12. The van der Waals surface area contributed by atoms with E-state index in [9.17, 15) is 4.39 Å². The summed E-state index contributed by atoms with van der Waals surface area (Å²) in [6.45, 7) is 11.2. The lowest BCUT2D eigenvalue weighted by Crippen LogP contribution is -2.14. The maximum Gasteiger partial charge on any atom is 0.125 e. The molecule has 0 radical (unpaired) electrons. The van der Waals surface area contributed by atoms with Gasteiger partial charge >= 0.3 is 0 Å². The molecule has 2 rings (SSSR count). The lowest BCUT2D eigenvalue weighted by molar-refractivity contribution is 0.571. The molecule has 0 saturated carbocycles. The van der Waals surface area contributed by atoms with E-state index in [4.69, 9.17) is 0 Å². The normalized spacial score (nSPS) is 11.9. The fraction of sp³-hybridized carbons (Fsp3) is 0.438. The highest BCUT2D eigenvalue weighted by molar-refractivity contribution is 5.94. The first kappa shape index (κ1) is 13.8. The quantitative estimate of drug-likeness (QED) is 0.865. The fourth-order valence-electron chi connectivity index (χ4n) is 2.25. The number of aryl methyl sites for hydroxylation is 1. The summed E-state index contributed by atoms with van der Waals surface area (Å²) in [6.07, 6.45) is 0. The fourth-order valence-corrected chi connectivity index (χ4v) is 2.25. The molecule has 0 aliphatic rings. The maximum absolute atomic E-state index is 13.6. The lowest BCUT2D eigenvalue weighted by Gasteiger charge is -2.21.